The first-order chi connectivity index (χ1) is 9.31. The molecule has 1 fully saturated rings. The van der Waals surface area contributed by atoms with E-state index in [4.69, 9.17) is 4.74 Å². The molecule has 2 rings (SSSR count). The van der Waals surface area contributed by atoms with Crippen LogP contribution in [0.3, 0.4) is 0 Å². The lowest BCUT2D eigenvalue weighted by atomic mass is 10.1. The monoisotopic (exact) mass is 287 g/mol. The van der Waals surface area contributed by atoms with Crippen molar-refractivity contribution in [2.24, 2.45) is 0 Å². The summed E-state index contributed by atoms with van der Waals surface area (Å²) < 4.78 is 43.5. The second-order valence-electron chi connectivity index (χ2n) is 5.05. The lowest BCUT2D eigenvalue weighted by Gasteiger charge is -2.37. The number of nitrogens with zero attached hydrogens (tertiary/aromatic N) is 1. The fraction of sp³-hybridized carbons (Fsp3) is 0.500. The number of ether oxygens (including phenoxy) is 1. The Morgan fingerprint density at radius 1 is 1.25 bits per heavy atom. The zero-order chi connectivity index (χ0) is 14.9. The number of halogens is 3. The van der Waals surface area contributed by atoms with Gasteiger partial charge < -0.3 is 9.64 Å². The molecule has 0 aromatic heterocycles. The number of morpholine rings is 1. The number of rotatable bonds is 2. The maximum Gasteiger partial charge on any atom is 0.416 e. The normalized spacial score (nSPS) is 23.8. The van der Waals surface area contributed by atoms with Crippen LogP contribution in [0.5, 0.6) is 0 Å². The molecule has 1 aromatic rings. The number of carbonyl (C=O) groups excluding carboxylic acids is 1. The summed E-state index contributed by atoms with van der Waals surface area (Å²) in [6, 6.07) is 3.26. The zero-order valence-electron chi connectivity index (χ0n) is 11.3. The predicted octanol–water partition coefficient (Wildman–Crippen LogP) is 3.13. The van der Waals surface area contributed by atoms with E-state index in [-0.39, 0.29) is 17.8 Å². The molecule has 1 aromatic carbocycles. The van der Waals surface area contributed by atoms with Crippen molar-refractivity contribution in [1.29, 1.82) is 0 Å². The van der Waals surface area contributed by atoms with Crippen LogP contribution in [0.1, 0.15) is 29.8 Å². The SMILES string of the molecule is C[C@H]1CN(c2ccc(C(F)(F)F)cc2C=O)C[C@H](C)O1. The molecule has 0 radical (unpaired) electrons. The molecule has 0 aliphatic carbocycles. The molecular weight excluding hydrogens is 271 g/mol. The smallest absolute Gasteiger partial charge is 0.372 e. The second kappa shape index (κ2) is 5.44. The van der Waals surface area contributed by atoms with E-state index in [2.05, 4.69) is 0 Å². The molecule has 1 aliphatic heterocycles. The van der Waals surface area contributed by atoms with Gasteiger partial charge in [0.25, 0.3) is 0 Å². The van der Waals surface area contributed by atoms with E-state index in [0.29, 0.717) is 25.1 Å². The van der Waals surface area contributed by atoms with Crippen LogP contribution in [0.15, 0.2) is 18.2 Å². The summed E-state index contributed by atoms with van der Waals surface area (Å²) in [5.41, 5.74) is -0.228. The largest absolute Gasteiger partial charge is 0.416 e. The molecule has 2 atom stereocenters. The summed E-state index contributed by atoms with van der Waals surface area (Å²) >= 11 is 0. The predicted molar refractivity (Wildman–Crippen MR) is 69.1 cm³/mol. The topological polar surface area (TPSA) is 29.5 Å². The molecule has 1 saturated heterocycles. The van der Waals surface area contributed by atoms with Gasteiger partial charge in [-0.25, -0.2) is 0 Å². The number of aldehydes is 1. The molecule has 0 amide bonds. The van der Waals surface area contributed by atoms with Gasteiger partial charge in [0, 0.05) is 24.3 Å². The molecule has 0 spiro atoms. The Balaban J connectivity index is 2.34. The summed E-state index contributed by atoms with van der Waals surface area (Å²) in [7, 11) is 0. The lowest BCUT2D eigenvalue weighted by Crippen LogP contribution is -2.45. The molecule has 110 valence electrons. The van der Waals surface area contributed by atoms with Crippen LogP contribution in [0, 0.1) is 0 Å². The molecule has 1 heterocycles. The first-order valence-corrected chi connectivity index (χ1v) is 6.38. The molecular formula is C14H16F3NO2. The third-order valence-electron chi connectivity index (χ3n) is 3.24. The highest BCUT2D eigenvalue weighted by molar-refractivity contribution is 5.85. The quantitative estimate of drug-likeness (QED) is 0.783. The minimum atomic E-state index is -4.44. The van der Waals surface area contributed by atoms with Gasteiger partial charge in [0.15, 0.2) is 6.29 Å². The van der Waals surface area contributed by atoms with Crippen molar-refractivity contribution in [3.63, 3.8) is 0 Å². The van der Waals surface area contributed by atoms with Crippen molar-refractivity contribution in [3.8, 4) is 0 Å². The van der Waals surface area contributed by atoms with Crippen molar-refractivity contribution in [1.82, 2.24) is 0 Å². The zero-order valence-corrected chi connectivity index (χ0v) is 11.3. The summed E-state index contributed by atoms with van der Waals surface area (Å²) in [5, 5.41) is 0. The Kier molecular flexibility index (Phi) is 4.04. The Bertz CT molecular complexity index is 492. The number of benzene rings is 1. The third-order valence-corrected chi connectivity index (χ3v) is 3.24. The van der Waals surface area contributed by atoms with Crippen LogP contribution in [0.2, 0.25) is 0 Å². The average Bonchev–Trinajstić information content (AvgIpc) is 2.35. The van der Waals surface area contributed by atoms with Gasteiger partial charge in [0.1, 0.15) is 0 Å². The average molecular weight is 287 g/mol. The molecule has 0 unspecified atom stereocenters. The van der Waals surface area contributed by atoms with Crippen LogP contribution in [0.25, 0.3) is 0 Å². The van der Waals surface area contributed by atoms with E-state index in [1.165, 1.54) is 6.07 Å². The number of carbonyl (C=O) groups is 1. The molecule has 3 nitrogen and oxygen atoms in total. The maximum absolute atomic E-state index is 12.7. The van der Waals surface area contributed by atoms with E-state index in [0.717, 1.165) is 12.1 Å². The van der Waals surface area contributed by atoms with Gasteiger partial charge in [-0.3, -0.25) is 4.79 Å². The fourth-order valence-electron chi connectivity index (χ4n) is 2.49. The number of hydrogen-bond donors (Lipinski definition) is 0. The Morgan fingerprint density at radius 2 is 1.85 bits per heavy atom. The molecule has 1 aliphatic rings. The number of anilines is 1. The van der Waals surface area contributed by atoms with Gasteiger partial charge in [-0.1, -0.05) is 0 Å². The van der Waals surface area contributed by atoms with Crippen molar-refractivity contribution in [2.45, 2.75) is 32.2 Å². The second-order valence-corrected chi connectivity index (χ2v) is 5.05. The summed E-state index contributed by atoms with van der Waals surface area (Å²) in [5.74, 6) is 0. The third kappa shape index (κ3) is 3.12. The lowest BCUT2D eigenvalue weighted by molar-refractivity contribution is -0.137. The summed E-state index contributed by atoms with van der Waals surface area (Å²) in [6.45, 7) is 4.90. The first kappa shape index (κ1) is 14.8. The van der Waals surface area contributed by atoms with Gasteiger partial charge in [-0.05, 0) is 32.0 Å². The van der Waals surface area contributed by atoms with Gasteiger partial charge >= 0.3 is 6.18 Å². The van der Waals surface area contributed by atoms with Gasteiger partial charge in [0.05, 0.1) is 17.8 Å². The highest BCUT2D eigenvalue weighted by Gasteiger charge is 2.32. The molecule has 0 saturated carbocycles. The number of alkyl halides is 3. The fourth-order valence-corrected chi connectivity index (χ4v) is 2.49. The summed E-state index contributed by atoms with van der Waals surface area (Å²) in [4.78, 5) is 13.0. The highest BCUT2D eigenvalue weighted by atomic mass is 19.4. The van der Waals surface area contributed by atoms with E-state index in [9.17, 15) is 18.0 Å². The minimum Gasteiger partial charge on any atom is -0.372 e. The highest BCUT2D eigenvalue weighted by Crippen LogP contribution is 2.33. The van der Waals surface area contributed by atoms with E-state index >= 15 is 0 Å². The molecule has 20 heavy (non-hydrogen) atoms. The standard InChI is InChI=1S/C14H16F3NO2/c1-9-6-18(7-10(2)20-9)13-4-3-12(14(15,16)17)5-11(13)8-19/h3-5,8-10H,6-7H2,1-2H3/t9-,10-/m0/s1. The van der Waals surface area contributed by atoms with Gasteiger partial charge in [0.2, 0.25) is 0 Å². The van der Waals surface area contributed by atoms with Crippen LogP contribution in [-0.2, 0) is 10.9 Å². The van der Waals surface area contributed by atoms with Crippen molar-refractivity contribution >= 4 is 12.0 Å². The van der Waals surface area contributed by atoms with Gasteiger partial charge in [-0.15, -0.1) is 0 Å². The van der Waals surface area contributed by atoms with E-state index in [1.807, 2.05) is 18.7 Å². The van der Waals surface area contributed by atoms with Crippen LogP contribution in [0.4, 0.5) is 18.9 Å². The van der Waals surface area contributed by atoms with Crippen molar-refractivity contribution in [3.05, 3.63) is 29.3 Å². The minimum absolute atomic E-state index is 0.0273. The number of hydrogen-bond acceptors (Lipinski definition) is 3. The molecule has 0 N–H and O–H groups in total. The van der Waals surface area contributed by atoms with Gasteiger partial charge in [-0.2, -0.15) is 13.2 Å². The first-order valence-electron chi connectivity index (χ1n) is 6.38. The van der Waals surface area contributed by atoms with Crippen LogP contribution < -0.4 is 4.90 Å². The van der Waals surface area contributed by atoms with Crippen LogP contribution >= 0.6 is 0 Å². The Morgan fingerprint density at radius 3 is 2.35 bits per heavy atom. The Labute approximate surface area is 115 Å². The molecule has 6 heteroatoms. The summed E-state index contributed by atoms with van der Waals surface area (Å²) in [6.07, 6.45) is -4.03. The maximum atomic E-state index is 12.7. The Hall–Kier alpha value is -1.56. The van der Waals surface area contributed by atoms with Crippen molar-refractivity contribution in [2.75, 3.05) is 18.0 Å². The van der Waals surface area contributed by atoms with Crippen molar-refractivity contribution < 1.29 is 22.7 Å². The van der Waals surface area contributed by atoms with E-state index in [1.54, 1.807) is 0 Å². The van der Waals surface area contributed by atoms with E-state index < -0.39 is 11.7 Å². The molecule has 0 bridgehead atoms. The van der Waals surface area contributed by atoms with Crippen LogP contribution in [-0.4, -0.2) is 31.6 Å².